The molecule has 7 heteroatoms. The second-order valence-corrected chi connectivity index (χ2v) is 3.65. The first kappa shape index (κ1) is 15.5. The van der Waals surface area contributed by atoms with Gasteiger partial charge in [0.05, 0.1) is 5.97 Å². The molecule has 0 rings (SSSR count). The molecule has 0 amide bonds. The quantitative estimate of drug-likeness (QED) is 0.281. The number of aliphatic carboxylic acids is 1. The van der Waals surface area contributed by atoms with Crippen molar-refractivity contribution in [2.45, 2.75) is 0 Å². The van der Waals surface area contributed by atoms with E-state index in [0.717, 1.165) is 20.0 Å². The molecule has 0 radical (unpaired) electrons. The minimum atomic E-state index is -3.34. The first-order valence-corrected chi connectivity index (χ1v) is 4.26. The summed E-state index contributed by atoms with van der Waals surface area (Å²) in [7, 11) is -1.02. The van der Waals surface area contributed by atoms with Crippen LogP contribution in [0, 0.1) is 0 Å². The van der Waals surface area contributed by atoms with Gasteiger partial charge in [0.25, 0.3) is 0 Å². The van der Waals surface area contributed by atoms with E-state index in [-0.39, 0.29) is 51.4 Å². The number of rotatable bonds is 4. The molecule has 12 heavy (non-hydrogen) atoms. The predicted molar refractivity (Wildman–Crippen MR) is 35.8 cm³/mol. The number of carboxylic acids is 1. The fourth-order valence-electron chi connectivity index (χ4n) is 0.348. The zero-order valence-electron chi connectivity index (χ0n) is 7.14. The van der Waals surface area contributed by atoms with Gasteiger partial charge in [-0.05, 0) is 6.08 Å². The van der Waals surface area contributed by atoms with Crippen molar-refractivity contribution in [2.24, 2.45) is 0 Å². The maximum absolute atomic E-state index is 11.0. The molecule has 0 N–H and O–H groups in total. The Labute approximate surface area is 113 Å². The van der Waals surface area contributed by atoms with Gasteiger partial charge in [-0.15, -0.1) is 0 Å². The summed E-state index contributed by atoms with van der Waals surface area (Å²) in [6.07, 6.45) is 0.605. The van der Waals surface area contributed by atoms with Crippen LogP contribution < -0.4 is 56.5 Å². The largest absolute Gasteiger partial charge is 1.00 e. The fraction of sp³-hybridized carbons (Fsp3) is 0.400. The summed E-state index contributed by atoms with van der Waals surface area (Å²) < 4.78 is 19.8. The van der Waals surface area contributed by atoms with Crippen molar-refractivity contribution < 1.29 is 74.9 Å². The van der Waals surface area contributed by atoms with Crippen molar-refractivity contribution in [1.82, 2.24) is 0 Å². The van der Waals surface area contributed by atoms with E-state index in [1.807, 2.05) is 0 Å². The first-order valence-electron chi connectivity index (χ1n) is 2.65. The van der Waals surface area contributed by atoms with Crippen molar-refractivity contribution in [1.29, 1.82) is 0 Å². The van der Waals surface area contributed by atoms with Gasteiger partial charge in [0.2, 0.25) is 0 Å². The second kappa shape index (κ2) is 7.40. The number of carbonyl (C=O) groups excluding carboxylic acids is 1. The number of carbonyl (C=O) groups is 1. The molecule has 0 saturated carbocycles. The molecular formula is C5H8KO5P. The summed E-state index contributed by atoms with van der Waals surface area (Å²) in [4.78, 5) is 9.85. The molecule has 0 aromatic carbocycles. The molecule has 0 spiro atoms. The maximum atomic E-state index is 11.0. The normalized spacial score (nSPS) is 11.2. The van der Waals surface area contributed by atoms with E-state index in [1.54, 1.807) is 0 Å². The van der Waals surface area contributed by atoms with Crippen LogP contribution in [0.25, 0.3) is 0 Å². The third-order valence-electron chi connectivity index (χ3n) is 0.902. The Balaban J connectivity index is 0. The standard InChI is InChI=1S/C5H9O5P.K/c1-9-11(8,10-2)4-3-5(6)7;/h3-4H,1-2H3,(H,6,7);/q;+1/p-1/b4-3+;. The Morgan fingerprint density at radius 1 is 1.42 bits per heavy atom. The van der Waals surface area contributed by atoms with E-state index in [2.05, 4.69) is 9.05 Å². The molecule has 0 saturated heterocycles. The topological polar surface area (TPSA) is 75.7 Å². The molecule has 0 bridgehead atoms. The zero-order valence-corrected chi connectivity index (χ0v) is 11.2. The van der Waals surface area contributed by atoms with Crippen LogP contribution in [0.2, 0.25) is 0 Å². The molecule has 0 heterocycles. The Morgan fingerprint density at radius 2 is 1.83 bits per heavy atom. The summed E-state index contributed by atoms with van der Waals surface area (Å²) in [6.45, 7) is 0. The Morgan fingerprint density at radius 3 is 2.08 bits per heavy atom. The minimum absolute atomic E-state index is 0. The van der Waals surface area contributed by atoms with Crippen LogP contribution in [-0.2, 0) is 18.4 Å². The van der Waals surface area contributed by atoms with Crippen LogP contribution in [0.4, 0.5) is 0 Å². The molecule has 0 aliphatic carbocycles. The average molecular weight is 218 g/mol. The van der Waals surface area contributed by atoms with E-state index in [1.165, 1.54) is 0 Å². The van der Waals surface area contributed by atoms with Crippen molar-refractivity contribution in [3.05, 3.63) is 11.9 Å². The maximum Gasteiger partial charge on any atom is 1.00 e. The van der Waals surface area contributed by atoms with Gasteiger partial charge in [0.1, 0.15) is 0 Å². The SMILES string of the molecule is COP(=O)(/C=C/C(=O)[O-])OC.[K+]. The van der Waals surface area contributed by atoms with Crippen molar-refractivity contribution in [3.63, 3.8) is 0 Å². The van der Waals surface area contributed by atoms with E-state index < -0.39 is 13.6 Å². The minimum Gasteiger partial charge on any atom is -0.545 e. The van der Waals surface area contributed by atoms with Crippen molar-refractivity contribution in [2.75, 3.05) is 14.2 Å². The van der Waals surface area contributed by atoms with Gasteiger partial charge in [0.15, 0.2) is 0 Å². The van der Waals surface area contributed by atoms with E-state index in [9.17, 15) is 14.5 Å². The predicted octanol–water partition coefficient (Wildman–Crippen LogP) is -3.26. The Hall–Kier alpha value is 0.996. The summed E-state index contributed by atoms with van der Waals surface area (Å²) in [5.74, 6) is -0.623. The van der Waals surface area contributed by atoms with E-state index in [4.69, 9.17) is 0 Å². The number of hydrogen-bond acceptors (Lipinski definition) is 5. The molecule has 0 aliphatic heterocycles. The van der Waals surface area contributed by atoms with Crippen LogP contribution in [0.15, 0.2) is 11.9 Å². The van der Waals surface area contributed by atoms with Crippen molar-refractivity contribution in [3.8, 4) is 0 Å². The molecule has 0 fully saturated rings. The molecule has 0 unspecified atom stereocenters. The van der Waals surface area contributed by atoms with Gasteiger partial charge in [-0.1, -0.05) is 0 Å². The third kappa shape index (κ3) is 6.51. The molecule has 5 nitrogen and oxygen atoms in total. The van der Waals surface area contributed by atoms with Gasteiger partial charge in [-0.2, -0.15) is 0 Å². The summed E-state index contributed by atoms with van der Waals surface area (Å²) in [6, 6.07) is 0. The van der Waals surface area contributed by atoms with Crippen LogP contribution in [0.1, 0.15) is 0 Å². The Kier molecular flexibility index (Phi) is 9.54. The van der Waals surface area contributed by atoms with Crippen LogP contribution in [0.5, 0.6) is 0 Å². The Bertz CT molecular complexity index is 206. The number of carboxylic acid groups (broad SMARTS) is 1. The second-order valence-electron chi connectivity index (χ2n) is 1.54. The van der Waals surface area contributed by atoms with E-state index in [0.29, 0.717) is 6.08 Å². The van der Waals surface area contributed by atoms with Gasteiger partial charge in [-0.25, -0.2) is 0 Å². The van der Waals surface area contributed by atoms with Crippen molar-refractivity contribution >= 4 is 13.6 Å². The summed E-state index contributed by atoms with van der Waals surface area (Å²) in [5.41, 5.74) is 0. The van der Waals surface area contributed by atoms with Crippen LogP contribution in [0.3, 0.4) is 0 Å². The molecule has 0 atom stereocenters. The van der Waals surface area contributed by atoms with Crippen LogP contribution >= 0.6 is 7.60 Å². The number of hydrogen-bond donors (Lipinski definition) is 0. The smallest absolute Gasteiger partial charge is 0.545 e. The molecule has 0 aromatic rings. The van der Waals surface area contributed by atoms with Gasteiger partial charge < -0.3 is 18.9 Å². The third-order valence-corrected chi connectivity index (χ3v) is 2.43. The molecular weight excluding hydrogens is 210 g/mol. The summed E-state index contributed by atoms with van der Waals surface area (Å²) in [5, 5.41) is 9.85. The van der Waals surface area contributed by atoms with Crippen LogP contribution in [-0.4, -0.2) is 20.2 Å². The average Bonchev–Trinajstić information content (AvgIpc) is 2.00. The van der Waals surface area contributed by atoms with Gasteiger partial charge in [-0.3, -0.25) is 4.57 Å². The zero-order chi connectivity index (χ0) is 8.91. The first-order chi connectivity index (χ1) is 5.04. The fourth-order valence-corrected chi connectivity index (χ4v) is 1.05. The van der Waals surface area contributed by atoms with Gasteiger partial charge >= 0.3 is 59.0 Å². The molecule has 0 aromatic heterocycles. The summed E-state index contributed by atoms with van der Waals surface area (Å²) >= 11 is 0. The van der Waals surface area contributed by atoms with E-state index >= 15 is 0 Å². The monoisotopic (exact) mass is 218 g/mol. The van der Waals surface area contributed by atoms with Gasteiger partial charge in [0, 0.05) is 20.0 Å². The molecule has 64 valence electrons. The molecule has 0 aliphatic rings.